The molecule has 0 aliphatic carbocycles. The minimum atomic E-state index is -1.08. The number of esters is 1. The summed E-state index contributed by atoms with van der Waals surface area (Å²) in [6.07, 6.45) is -0.717. The summed E-state index contributed by atoms with van der Waals surface area (Å²) in [5.74, 6) is -0.257. The van der Waals surface area contributed by atoms with Crippen LogP contribution in [-0.4, -0.2) is 52.1 Å². The number of hydrogen-bond acceptors (Lipinski definition) is 6. The molecule has 2 unspecified atom stereocenters. The number of amides is 1. The number of carbonyl (C=O) groups excluding carboxylic acids is 2. The molecule has 17 heavy (non-hydrogen) atoms. The summed E-state index contributed by atoms with van der Waals surface area (Å²) in [6.45, 7) is 5.15. The predicted octanol–water partition coefficient (Wildman–Crippen LogP) is 0.788. The van der Waals surface area contributed by atoms with Gasteiger partial charge in [-0.2, -0.15) is 0 Å². The first-order valence-electron chi connectivity index (χ1n) is 5.15. The highest BCUT2D eigenvalue weighted by atomic mass is 32.2. The average molecular weight is 263 g/mol. The summed E-state index contributed by atoms with van der Waals surface area (Å²) in [5, 5.41) is 9.65. The van der Waals surface area contributed by atoms with Crippen LogP contribution in [0.5, 0.6) is 0 Å². The highest BCUT2D eigenvalue weighted by molar-refractivity contribution is 8.00. The fourth-order valence-corrected chi connectivity index (χ4v) is 2.39. The van der Waals surface area contributed by atoms with E-state index < -0.39 is 29.3 Å². The summed E-state index contributed by atoms with van der Waals surface area (Å²) >= 11 is 1.09. The maximum Gasteiger partial charge on any atom is 0.413 e. The van der Waals surface area contributed by atoms with Gasteiger partial charge in [-0.3, -0.25) is 4.90 Å². The normalized spacial score (nSPS) is 24.6. The molecule has 1 rings (SSSR count). The second kappa shape index (κ2) is 5.14. The Morgan fingerprint density at radius 2 is 2.00 bits per heavy atom. The zero-order chi connectivity index (χ0) is 13.2. The van der Waals surface area contributed by atoms with Crippen molar-refractivity contribution in [1.29, 1.82) is 0 Å². The Kier molecular flexibility index (Phi) is 4.26. The molecule has 0 aromatic heterocycles. The summed E-state index contributed by atoms with van der Waals surface area (Å²) < 4.78 is 9.70. The third-order valence-electron chi connectivity index (χ3n) is 2.05. The molecule has 0 saturated carbocycles. The lowest BCUT2D eigenvalue weighted by molar-refractivity contribution is -0.147. The smallest absolute Gasteiger partial charge is 0.413 e. The lowest BCUT2D eigenvalue weighted by Gasteiger charge is -2.28. The van der Waals surface area contributed by atoms with Gasteiger partial charge in [0.05, 0.1) is 7.11 Å². The van der Waals surface area contributed by atoms with Gasteiger partial charge in [-0.15, -0.1) is 11.8 Å². The first-order valence-corrected chi connectivity index (χ1v) is 6.20. The van der Waals surface area contributed by atoms with E-state index in [1.54, 1.807) is 20.8 Å². The van der Waals surface area contributed by atoms with Crippen molar-refractivity contribution in [3.63, 3.8) is 0 Å². The molecule has 0 bridgehead atoms. The number of aliphatic hydroxyl groups is 1. The number of hydrogen-bond donors (Lipinski definition) is 1. The molecule has 1 heterocycles. The molecule has 6 nitrogen and oxygen atoms in total. The minimum Gasteiger partial charge on any atom is -0.467 e. The van der Waals surface area contributed by atoms with Gasteiger partial charge in [0.25, 0.3) is 0 Å². The van der Waals surface area contributed by atoms with E-state index in [0.717, 1.165) is 16.7 Å². The van der Waals surface area contributed by atoms with E-state index >= 15 is 0 Å². The van der Waals surface area contributed by atoms with Crippen molar-refractivity contribution in [3.8, 4) is 0 Å². The topological polar surface area (TPSA) is 76.1 Å². The first-order chi connectivity index (χ1) is 7.76. The number of rotatable bonds is 1. The van der Waals surface area contributed by atoms with Crippen LogP contribution in [0.15, 0.2) is 0 Å². The van der Waals surface area contributed by atoms with Gasteiger partial charge < -0.3 is 14.6 Å². The van der Waals surface area contributed by atoms with Crippen LogP contribution < -0.4 is 0 Å². The number of aliphatic hydroxyl groups excluding tert-OH is 1. The fraction of sp³-hybridized carbons (Fsp3) is 0.800. The fourth-order valence-electron chi connectivity index (χ4n) is 1.34. The van der Waals surface area contributed by atoms with E-state index in [9.17, 15) is 14.7 Å². The third kappa shape index (κ3) is 3.50. The van der Waals surface area contributed by atoms with E-state index in [4.69, 9.17) is 4.74 Å². The summed E-state index contributed by atoms with van der Waals surface area (Å²) in [7, 11) is 1.24. The number of carbonyl (C=O) groups is 2. The molecule has 0 aromatic carbocycles. The van der Waals surface area contributed by atoms with Crippen LogP contribution in [0.4, 0.5) is 4.79 Å². The van der Waals surface area contributed by atoms with Crippen molar-refractivity contribution < 1.29 is 24.2 Å². The maximum absolute atomic E-state index is 11.8. The highest BCUT2D eigenvalue weighted by Gasteiger charge is 2.43. The number of thioether (sulfide) groups is 1. The SMILES string of the molecule is COC(=O)C1CSC(O)N1C(=O)OC(C)(C)C. The van der Waals surface area contributed by atoms with E-state index in [2.05, 4.69) is 4.74 Å². The van der Waals surface area contributed by atoms with Gasteiger partial charge in [-0.1, -0.05) is 0 Å². The molecule has 2 atom stereocenters. The Morgan fingerprint density at radius 1 is 1.41 bits per heavy atom. The molecule has 7 heteroatoms. The molecule has 0 radical (unpaired) electrons. The molecule has 0 aromatic rings. The largest absolute Gasteiger partial charge is 0.467 e. The van der Waals surface area contributed by atoms with Gasteiger partial charge in [0.2, 0.25) is 0 Å². The summed E-state index contributed by atoms with van der Waals surface area (Å²) in [4.78, 5) is 24.3. The highest BCUT2D eigenvalue weighted by Crippen LogP contribution is 2.29. The molecule has 1 aliphatic rings. The zero-order valence-electron chi connectivity index (χ0n) is 10.3. The van der Waals surface area contributed by atoms with E-state index in [1.165, 1.54) is 7.11 Å². The van der Waals surface area contributed by atoms with Gasteiger partial charge in [-0.25, -0.2) is 9.59 Å². The van der Waals surface area contributed by atoms with Crippen LogP contribution in [-0.2, 0) is 14.3 Å². The Morgan fingerprint density at radius 3 is 2.47 bits per heavy atom. The van der Waals surface area contributed by atoms with Crippen LogP contribution >= 0.6 is 11.8 Å². The van der Waals surface area contributed by atoms with E-state index in [0.29, 0.717) is 5.75 Å². The standard InChI is InChI=1S/C10H17NO5S/c1-10(2,3)16-8(13)11-6(7(12)15-4)5-17-9(11)14/h6,9,14H,5H2,1-4H3. The van der Waals surface area contributed by atoms with Crippen LogP contribution in [0, 0.1) is 0 Å². The molecule has 98 valence electrons. The Balaban J connectivity index is 2.78. The maximum atomic E-state index is 11.8. The van der Waals surface area contributed by atoms with E-state index in [1.807, 2.05) is 0 Å². The molecule has 1 amide bonds. The minimum absolute atomic E-state index is 0.299. The predicted molar refractivity (Wildman–Crippen MR) is 62.3 cm³/mol. The Hall–Kier alpha value is -0.950. The zero-order valence-corrected chi connectivity index (χ0v) is 11.1. The number of methoxy groups -OCH3 is 1. The van der Waals surface area contributed by atoms with Crippen molar-refractivity contribution in [2.45, 2.75) is 38.0 Å². The third-order valence-corrected chi connectivity index (χ3v) is 3.09. The lowest BCUT2D eigenvalue weighted by Crippen LogP contribution is -2.48. The van der Waals surface area contributed by atoms with Crippen molar-refractivity contribution in [2.24, 2.45) is 0 Å². The van der Waals surface area contributed by atoms with Gasteiger partial charge in [0.1, 0.15) is 11.6 Å². The van der Waals surface area contributed by atoms with Crippen LogP contribution in [0.2, 0.25) is 0 Å². The second-order valence-electron chi connectivity index (χ2n) is 4.59. The van der Waals surface area contributed by atoms with Crippen LogP contribution in [0.25, 0.3) is 0 Å². The molecule has 0 spiro atoms. The molecule has 1 N–H and O–H groups in total. The molecule has 1 aliphatic heterocycles. The number of ether oxygens (including phenoxy) is 2. The summed E-state index contributed by atoms with van der Waals surface area (Å²) in [6, 6.07) is -0.796. The van der Waals surface area contributed by atoms with Crippen molar-refractivity contribution in [2.75, 3.05) is 12.9 Å². The van der Waals surface area contributed by atoms with Crippen molar-refractivity contribution >= 4 is 23.8 Å². The van der Waals surface area contributed by atoms with E-state index in [-0.39, 0.29) is 0 Å². The number of nitrogens with zero attached hydrogens (tertiary/aromatic N) is 1. The van der Waals surface area contributed by atoms with Crippen molar-refractivity contribution in [3.05, 3.63) is 0 Å². The summed E-state index contributed by atoms with van der Waals surface area (Å²) in [5.41, 5.74) is -1.75. The molecular weight excluding hydrogens is 246 g/mol. The van der Waals surface area contributed by atoms with Crippen LogP contribution in [0.3, 0.4) is 0 Å². The quantitative estimate of drug-likeness (QED) is 0.705. The van der Waals surface area contributed by atoms with Gasteiger partial charge in [0, 0.05) is 5.75 Å². The lowest BCUT2D eigenvalue weighted by atomic mass is 10.2. The van der Waals surface area contributed by atoms with Gasteiger partial charge >= 0.3 is 12.1 Å². The molecular formula is C10H17NO5S. The first kappa shape index (κ1) is 14.1. The monoisotopic (exact) mass is 263 g/mol. The molecule has 1 saturated heterocycles. The van der Waals surface area contributed by atoms with Gasteiger partial charge in [-0.05, 0) is 20.8 Å². The van der Waals surface area contributed by atoms with Crippen LogP contribution in [0.1, 0.15) is 20.8 Å². The Labute approximate surface area is 104 Å². The van der Waals surface area contributed by atoms with Gasteiger partial charge in [0.15, 0.2) is 5.56 Å². The average Bonchev–Trinajstić information content (AvgIpc) is 2.56. The van der Waals surface area contributed by atoms with Crippen molar-refractivity contribution in [1.82, 2.24) is 4.90 Å². The second-order valence-corrected chi connectivity index (χ2v) is 5.67. The molecule has 1 fully saturated rings. The Bertz CT molecular complexity index is 314.